The van der Waals surface area contributed by atoms with E-state index in [1.807, 2.05) is 20.8 Å². The van der Waals surface area contributed by atoms with Gasteiger partial charge in [0.2, 0.25) is 11.8 Å². The van der Waals surface area contributed by atoms with Gasteiger partial charge in [0.1, 0.15) is 12.6 Å². The molecule has 1 N–H and O–H groups in total. The number of amides is 2. The van der Waals surface area contributed by atoms with Crippen LogP contribution in [-0.2, 0) is 26.2 Å². The molecule has 7 nitrogen and oxygen atoms in total. The molecule has 0 saturated heterocycles. The number of carbonyl (C=O) groups excluding carboxylic acids is 2. The molecule has 0 aromatic heterocycles. The van der Waals surface area contributed by atoms with Crippen molar-refractivity contribution in [1.29, 1.82) is 0 Å². The van der Waals surface area contributed by atoms with E-state index in [-0.39, 0.29) is 17.3 Å². The summed E-state index contributed by atoms with van der Waals surface area (Å²) in [5.74, 6) is -0.914. The van der Waals surface area contributed by atoms with Crippen LogP contribution in [0.25, 0.3) is 0 Å². The second kappa shape index (κ2) is 12.2. The standard InChI is InChI=1S/C28H31Cl2N3O4S/c1-20(27(35)31-28(2,3)4)32(18-21-9-8-10-23(30)17-21)26(34)19-33(24-11-6-5-7-12-24)38(36,37)25-15-13-22(29)14-16-25/h5-17,20H,18-19H2,1-4H3,(H,31,35). The highest BCUT2D eigenvalue weighted by molar-refractivity contribution is 7.92. The lowest BCUT2D eigenvalue weighted by molar-refractivity contribution is -0.140. The number of rotatable bonds is 9. The van der Waals surface area contributed by atoms with Gasteiger partial charge in [-0.15, -0.1) is 0 Å². The highest BCUT2D eigenvalue weighted by atomic mass is 35.5. The Balaban J connectivity index is 2.01. The number of nitrogens with one attached hydrogen (secondary N) is 1. The lowest BCUT2D eigenvalue weighted by atomic mass is 10.1. The summed E-state index contributed by atoms with van der Waals surface area (Å²) in [5, 5.41) is 3.77. The lowest BCUT2D eigenvalue weighted by Gasteiger charge is -2.33. The van der Waals surface area contributed by atoms with Crippen LogP contribution in [0.2, 0.25) is 10.0 Å². The van der Waals surface area contributed by atoms with Crippen molar-refractivity contribution >= 4 is 50.7 Å². The molecule has 0 bridgehead atoms. The predicted molar refractivity (Wildman–Crippen MR) is 152 cm³/mol. The van der Waals surface area contributed by atoms with E-state index < -0.39 is 34.1 Å². The zero-order valence-electron chi connectivity index (χ0n) is 21.7. The highest BCUT2D eigenvalue weighted by Gasteiger charge is 2.33. The first-order valence-electron chi connectivity index (χ1n) is 12.0. The molecule has 0 aliphatic heterocycles. The first-order chi connectivity index (χ1) is 17.8. The fourth-order valence-electron chi connectivity index (χ4n) is 3.75. The Morgan fingerprint density at radius 1 is 0.895 bits per heavy atom. The zero-order chi connectivity index (χ0) is 28.1. The van der Waals surface area contributed by atoms with E-state index in [4.69, 9.17) is 23.2 Å². The Bertz CT molecular complexity index is 1380. The summed E-state index contributed by atoms with van der Waals surface area (Å²) in [6, 6.07) is 20.1. The molecular formula is C28H31Cl2N3O4S. The maximum atomic E-state index is 13.8. The van der Waals surface area contributed by atoms with Crippen molar-refractivity contribution in [2.75, 3.05) is 10.8 Å². The van der Waals surface area contributed by atoms with Gasteiger partial charge in [0, 0.05) is 22.1 Å². The number of nitrogens with zero attached hydrogens (tertiary/aromatic N) is 2. The van der Waals surface area contributed by atoms with E-state index >= 15 is 0 Å². The monoisotopic (exact) mass is 575 g/mol. The second-order valence-corrected chi connectivity index (χ2v) is 12.6. The maximum absolute atomic E-state index is 13.8. The van der Waals surface area contributed by atoms with Gasteiger partial charge in [-0.25, -0.2) is 8.42 Å². The SMILES string of the molecule is CC(C(=O)NC(C)(C)C)N(Cc1cccc(Cl)c1)C(=O)CN(c1ccccc1)S(=O)(=O)c1ccc(Cl)cc1. The van der Waals surface area contributed by atoms with Gasteiger partial charge in [-0.3, -0.25) is 13.9 Å². The molecule has 1 unspecified atom stereocenters. The summed E-state index contributed by atoms with van der Waals surface area (Å²) < 4.78 is 28.5. The first kappa shape index (κ1) is 29.5. The van der Waals surface area contributed by atoms with Crippen LogP contribution in [0.15, 0.2) is 83.8 Å². The van der Waals surface area contributed by atoms with Gasteiger partial charge in [0.25, 0.3) is 10.0 Å². The van der Waals surface area contributed by atoms with Crippen LogP contribution in [0.4, 0.5) is 5.69 Å². The second-order valence-electron chi connectivity index (χ2n) is 9.87. The van der Waals surface area contributed by atoms with Crippen molar-refractivity contribution in [1.82, 2.24) is 10.2 Å². The largest absolute Gasteiger partial charge is 0.350 e. The van der Waals surface area contributed by atoms with Crippen molar-refractivity contribution in [3.63, 3.8) is 0 Å². The van der Waals surface area contributed by atoms with Gasteiger partial charge >= 0.3 is 0 Å². The van der Waals surface area contributed by atoms with Crippen LogP contribution in [-0.4, -0.2) is 43.3 Å². The van der Waals surface area contributed by atoms with E-state index in [1.165, 1.54) is 29.2 Å². The van der Waals surface area contributed by atoms with E-state index in [1.54, 1.807) is 61.5 Å². The number of hydrogen-bond acceptors (Lipinski definition) is 4. The Labute approximate surface area is 234 Å². The topological polar surface area (TPSA) is 86.8 Å². The van der Waals surface area contributed by atoms with E-state index in [2.05, 4.69) is 5.32 Å². The summed E-state index contributed by atoms with van der Waals surface area (Å²) in [4.78, 5) is 28.3. The molecule has 2 amide bonds. The molecule has 0 heterocycles. The number of benzene rings is 3. The van der Waals surface area contributed by atoms with Crippen LogP contribution >= 0.6 is 23.2 Å². The van der Waals surface area contributed by atoms with Crippen LogP contribution in [0.3, 0.4) is 0 Å². The molecule has 3 rings (SSSR count). The summed E-state index contributed by atoms with van der Waals surface area (Å²) in [6.45, 7) is 6.68. The summed E-state index contributed by atoms with van der Waals surface area (Å²) in [7, 11) is -4.15. The molecule has 202 valence electrons. The molecule has 0 aliphatic rings. The van der Waals surface area contributed by atoms with Gasteiger partial charge in [-0.1, -0.05) is 53.5 Å². The zero-order valence-corrected chi connectivity index (χ0v) is 24.0. The Morgan fingerprint density at radius 3 is 2.11 bits per heavy atom. The van der Waals surface area contributed by atoms with Crippen molar-refractivity contribution in [2.45, 2.75) is 50.7 Å². The van der Waals surface area contributed by atoms with E-state index in [0.29, 0.717) is 21.3 Å². The fraction of sp³-hybridized carbons (Fsp3) is 0.286. The van der Waals surface area contributed by atoms with Crippen LogP contribution in [0, 0.1) is 0 Å². The summed E-state index contributed by atoms with van der Waals surface area (Å²) >= 11 is 12.1. The van der Waals surface area contributed by atoms with Gasteiger partial charge < -0.3 is 10.2 Å². The van der Waals surface area contributed by atoms with Crippen molar-refractivity contribution in [2.24, 2.45) is 0 Å². The van der Waals surface area contributed by atoms with E-state index in [0.717, 1.165) is 4.31 Å². The Hall–Kier alpha value is -3.07. The fourth-order valence-corrected chi connectivity index (χ4v) is 5.50. The number of anilines is 1. The van der Waals surface area contributed by atoms with Gasteiger partial charge in [-0.2, -0.15) is 0 Å². The number of halogens is 2. The Morgan fingerprint density at radius 2 is 1.53 bits per heavy atom. The molecule has 0 saturated carbocycles. The first-order valence-corrected chi connectivity index (χ1v) is 14.2. The van der Waals surface area contributed by atoms with Crippen LogP contribution < -0.4 is 9.62 Å². The Kier molecular flexibility index (Phi) is 9.46. The maximum Gasteiger partial charge on any atom is 0.264 e. The molecule has 0 radical (unpaired) electrons. The molecule has 10 heteroatoms. The summed E-state index contributed by atoms with van der Waals surface area (Å²) in [6.07, 6.45) is 0. The minimum absolute atomic E-state index is 0.0153. The molecule has 3 aromatic rings. The molecule has 3 aromatic carbocycles. The van der Waals surface area contributed by atoms with E-state index in [9.17, 15) is 18.0 Å². The van der Waals surface area contributed by atoms with Crippen molar-refractivity contribution in [3.8, 4) is 0 Å². The third-order valence-electron chi connectivity index (χ3n) is 5.63. The predicted octanol–water partition coefficient (Wildman–Crippen LogP) is 5.52. The number of hydrogen-bond donors (Lipinski definition) is 1. The molecule has 0 spiro atoms. The number of para-hydroxylation sites is 1. The number of sulfonamides is 1. The average Bonchev–Trinajstić information content (AvgIpc) is 2.85. The molecule has 0 fully saturated rings. The molecular weight excluding hydrogens is 545 g/mol. The van der Waals surface area contributed by atoms with Gasteiger partial charge in [0.05, 0.1) is 10.6 Å². The molecule has 0 aliphatic carbocycles. The van der Waals surface area contributed by atoms with Gasteiger partial charge in [-0.05, 0) is 81.8 Å². The lowest BCUT2D eigenvalue weighted by Crippen LogP contribution is -2.54. The third kappa shape index (κ3) is 7.72. The van der Waals surface area contributed by atoms with Crippen molar-refractivity contribution in [3.05, 3.63) is 94.5 Å². The van der Waals surface area contributed by atoms with Gasteiger partial charge in [0.15, 0.2) is 0 Å². The summed E-state index contributed by atoms with van der Waals surface area (Å²) in [5.41, 5.74) is 0.489. The quantitative estimate of drug-likeness (QED) is 0.364. The minimum Gasteiger partial charge on any atom is -0.350 e. The average molecular weight is 577 g/mol. The highest BCUT2D eigenvalue weighted by Crippen LogP contribution is 2.25. The van der Waals surface area contributed by atoms with Crippen LogP contribution in [0.5, 0.6) is 0 Å². The minimum atomic E-state index is -4.15. The molecule has 1 atom stereocenters. The number of carbonyl (C=O) groups is 2. The van der Waals surface area contributed by atoms with Crippen molar-refractivity contribution < 1.29 is 18.0 Å². The third-order valence-corrected chi connectivity index (χ3v) is 7.91. The normalized spacial score (nSPS) is 12.5. The smallest absolute Gasteiger partial charge is 0.264 e. The molecule has 38 heavy (non-hydrogen) atoms. The van der Waals surface area contributed by atoms with Crippen LogP contribution in [0.1, 0.15) is 33.3 Å².